The molecule has 14 heteroatoms. The maximum absolute atomic E-state index is 15.1. The van der Waals surface area contributed by atoms with Crippen LogP contribution in [0.1, 0.15) is 29.5 Å². The van der Waals surface area contributed by atoms with Crippen LogP contribution in [0.5, 0.6) is 0 Å². The van der Waals surface area contributed by atoms with Crippen molar-refractivity contribution >= 4 is 38.2 Å². The lowest BCUT2D eigenvalue weighted by molar-refractivity contribution is 0.00684. The third-order valence-electron chi connectivity index (χ3n) is 7.14. The van der Waals surface area contributed by atoms with E-state index in [2.05, 4.69) is 16.3 Å². The summed E-state index contributed by atoms with van der Waals surface area (Å²) in [5, 5.41) is 7.60. The molecule has 1 aliphatic heterocycles. The fourth-order valence-corrected chi connectivity index (χ4v) is 6.84. The Morgan fingerprint density at radius 1 is 1.36 bits per heavy atom. The molecule has 0 saturated carbocycles. The molecule has 9 nitrogen and oxygen atoms in total. The standard InChI is InChI=1S/C25H26F3N5O4S2/c1-2-30-23(38-29)31-39(35,36)22-12-21-20(11-19(22)26)33(24(34)37-21)13-16-5-3-4-15-6-7-17(10-18(15)16)32-9-8-25(27,28)14-32/h2-5,11-12,17H,1,6-10,13-14,29H2,(H,30,31). The SMILES string of the molecule is C=CNC(=NS(=O)(=O)c1cc2oc(=O)n(Cc3cccc4c3CC(N3CCC(F)(F)C3)CC4)c2cc1F)SN. The maximum Gasteiger partial charge on any atom is 0.420 e. The van der Waals surface area contributed by atoms with Crippen molar-refractivity contribution in [1.29, 1.82) is 0 Å². The predicted molar refractivity (Wildman–Crippen MR) is 143 cm³/mol. The molecule has 1 atom stereocenters. The fourth-order valence-electron chi connectivity index (χ4n) is 5.29. The van der Waals surface area contributed by atoms with E-state index in [0.29, 0.717) is 24.9 Å². The van der Waals surface area contributed by atoms with Gasteiger partial charge in [-0.05, 0) is 54.1 Å². The Morgan fingerprint density at radius 2 is 2.15 bits per heavy atom. The predicted octanol–water partition coefficient (Wildman–Crippen LogP) is 3.36. The molecule has 2 aliphatic rings. The lowest BCUT2D eigenvalue weighted by atomic mass is 9.84. The van der Waals surface area contributed by atoms with E-state index in [1.54, 1.807) is 0 Å². The van der Waals surface area contributed by atoms with E-state index in [4.69, 9.17) is 9.56 Å². The first-order valence-corrected chi connectivity index (χ1v) is 14.5. The van der Waals surface area contributed by atoms with E-state index in [1.165, 1.54) is 4.57 Å². The van der Waals surface area contributed by atoms with Crippen LogP contribution < -0.4 is 16.2 Å². The van der Waals surface area contributed by atoms with Crippen LogP contribution in [0.2, 0.25) is 0 Å². The fraction of sp³-hybridized carbons (Fsp3) is 0.360. The van der Waals surface area contributed by atoms with Gasteiger partial charge in [-0.25, -0.2) is 18.0 Å². The molecule has 0 amide bonds. The van der Waals surface area contributed by atoms with Crippen molar-refractivity contribution in [2.45, 2.75) is 49.1 Å². The first kappa shape index (κ1) is 27.5. The zero-order valence-electron chi connectivity index (χ0n) is 20.7. The van der Waals surface area contributed by atoms with Gasteiger partial charge in [-0.1, -0.05) is 24.8 Å². The minimum atomic E-state index is -4.54. The van der Waals surface area contributed by atoms with Gasteiger partial charge in [0.05, 0.1) is 18.6 Å². The Bertz CT molecular complexity index is 1630. The van der Waals surface area contributed by atoms with Crippen LogP contribution in [0, 0.1) is 5.82 Å². The lowest BCUT2D eigenvalue weighted by Crippen LogP contribution is -2.39. The van der Waals surface area contributed by atoms with Crippen molar-refractivity contribution in [2.24, 2.45) is 9.54 Å². The molecule has 0 radical (unpaired) electrons. The summed E-state index contributed by atoms with van der Waals surface area (Å²) in [7, 11) is -4.54. The Kier molecular flexibility index (Phi) is 7.39. The Hall–Kier alpha value is -3.07. The highest BCUT2D eigenvalue weighted by Gasteiger charge is 2.41. The molecular formula is C25H26F3N5O4S2. The molecular weight excluding hydrogens is 555 g/mol. The molecule has 0 spiro atoms. The number of sulfonamides is 1. The number of fused-ring (bicyclic) bond motifs is 2. The second-order valence-electron chi connectivity index (χ2n) is 9.57. The zero-order chi connectivity index (χ0) is 27.9. The third-order valence-corrected chi connectivity index (χ3v) is 8.98. The van der Waals surface area contributed by atoms with Crippen molar-refractivity contribution in [3.63, 3.8) is 0 Å². The van der Waals surface area contributed by atoms with Gasteiger partial charge in [0.25, 0.3) is 15.9 Å². The van der Waals surface area contributed by atoms with Crippen LogP contribution in [0.15, 0.2) is 61.6 Å². The van der Waals surface area contributed by atoms with E-state index in [-0.39, 0.29) is 41.8 Å². The number of nitrogens with two attached hydrogens (primary N) is 1. The van der Waals surface area contributed by atoms with Gasteiger partial charge in [-0.2, -0.15) is 8.42 Å². The minimum absolute atomic E-state index is 0.0391. The average Bonchev–Trinajstić information content (AvgIpc) is 3.41. The summed E-state index contributed by atoms with van der Waals surface area (Å²) in [6.07, 6.45) is 3.05. The van der Waals surface area contributed by atoms with Crippen molar-refractivity contribution in [1.82, 2.24) is 14.8 Å². The summed E-state index contributed by atoms with van der Waals surface area (Å²) in [5.41, 5.74) is 2.78. The van der Waals surface area contributed by atoms with Crippen LogP contribution in [0.3, 0.4) is 0 Å². The summed E-state index contributed by atoms with van der Waals surface area (Å²) in [4.78, 5) is 13.9. The molecule has 3 N–H and O–H groups in total. The summed E-state index contributed by atoms with van der Waals surface area (Å²) in [6, 6.07) is 7.48. The Morgan fingerprint density at radius 3 is 2.85 bits per heavy atom. The number of amidine groups is 1. The van der Waals surface area contributed by atoms with Gasteiger partial charge >= 0.3 is 5.76 Å². The van der Waals surface area contributed by atoms with Crippen LogP contribution >= 0.6 is 11.9 Å². The number of oxazole rings is 1. The van der Waals surface area contributed by atoms with Gasteiger partial charge < -0.3 is 9.73 Å². The van der Waals surface area contributed by atoms with Gasteiger partial charge in [-0.15, -0.1) is 4.40 Å². The normalized spacial score (nSPS) is 19.8. The van der Waals surface area contributed by atoms with Gasteiger partial charge in [0, 0.05) is 31.1 Å². The number of benzene rings is 2. The number of hydrogen-bond donors (Lipinski definition) is 2. The van der Waals surface area contributed by atoms with Crippen molar-refractivity contribution in [3.8, 4) is 0 Å². The quantitative estimate of drug-likeness (QED) is 0.258. The third kappa shape index (κ3) is 5.51. The molecule has 1 aliphatic carbocycles. The lowest BCUT2D eigenvalue weighted by Gasteiger charge is -2.33. The van der Waals surface area contributed by atoms with E-state index in [9.17, 15) is 22.0 Å². The smallest absolute Gasteiger partial charge is 0.408 e. The van der Waals surface area contributed by atoms with Crippen LogP contribution in [-0.2, 0) is 29.4 Å². The van der Waals surface area contributed by atoms with E-state index in [1.807, 2.05) is 23.1 Å². The van der Waals surface area contributed by atoms with Gasteiger partial charge in [0.2, 0.25) is 0 Å². The second-order valence-corrected chi connectivity index (χ2v) is 11.8. The van der Waals surface area contributed by atoms with Gasteiger partial charge in [0.1, 0.15) is 10.7 Å². The minimum Gasteiger partial charge on any atom is -0.408 e. The highest BCUT2D eigenvalue weighted by Crippen LogP contribution is 2.34. The van der Waals surface area contributed by atoms with Crippen LogP contribution in [-0.4, -0.2) is 48.1 Å². The highest BCUT2D eigenvalue weighted by molar-refractivity contribution is 8.12. The van der Waals surface area contributed by atoms with E-state index in [0.717, 1.165) is 47.9 Å². The molecule has 2 heterocycles. The molecule has 1 unspecified atom stereocenters. The number of alkyl halides is 2. The van der Waals surface area contributed by atoms with Crippen LogP contribution in [0.4, 0.5) is 13.2 Å². The average molecular weight is 582 g/mol. The number of aromatic nitrogens is 1. The summed E-state index contributed by atoms with van der Waals surface area (Å²) in [6.45, 7) is 3.52. The molecule has 1 saturated heterocycles. The van der Waals surface area contributed by atoms with E-state index >= 15 is 4.39 Å². The van der Waals surface area contributed by atoms with Crippen LogP contribution in [0.25, 0.3) is 11.1 Å². The van der Waals surface area contributed by atoms with Gasteiger partial charge in [0.15, 0.2) is 10.8 Å². The number of hydrogen-bond acceptors (Lipinski definition) is 7. The molecule has 3 aromatic rings. The van der Waals surface area contributed by atoms with Crippen molar-refractivity contribution in [3.05, 3.63) is 76.2 Å². The molecule has 1 aromatic heterocycles. The second kappa shape index (κ2) is 10.5. The highest BCUT2D eigenvalue weighted by atomic mass is 32.2. The zero-order valence-corrected chi connectivity index (χ0v) is 22.3. The largest absolute Gasteiger partial charge is 0.420 e. The molecule has 1 fully saturated rings. The molecule has 2 aromatic carbocycles. The first-order chi connectivity index (χ1) is 18.5. The first-order valence-electron chi connectivity index (χ1n) is 12.1. The number of aryl methyl sites for hydroxylation is 1. The maximum atomic E-state index is 15.1. The number of nitrogens with one attached hydrogen (secondary N) is 1. The summed E-state index contributed by atoms with van der Waals surface area (Å²) >= 11 is 0.501. The number of nitrogens with zero attached hydrogens (tertiary/aromatic N) is 3. The molecule has 0 bridgehead atoms. The topological polar surface area (TPSA) is 123 Å². The number of halogens is 3. The molecule has 5 rings (SSSR count). The molecule has 208 valence electrons. The summed E-state index contributed by atoms with van der Waals surface area (Å²) < 4.78 is 78.2. The monoisotopic (exact) mass is 581 g/mol. The van der Waals surface area contributed by atoms with Crippen molar-refractivity contribution < 1.29 is 26.0 Å². The summed E-state index contributed by atoms with van der Waals surface area (Å²) in [5.74, 6) is -4.60. The number of likely N-dealkylation sites (tertiary alicyclic amines) is 1. The molecule has 39 heavy (non-hydrogen) atoms. The van der Waals surface area contributed by atoms with E-state index < -0.39 is 32.4 Å². The van der Waals surface area contributed by atoms with Crippen molar-refractivity contribution in [2.75, 3.05) is 13.1 Å². The van der Waals surface area contributed by atoms with Gasteiger partial charge in [-0.3, -0.25) is 14.6 Å². The Balaban J connectivity index is 1.48. The number of rotatable bonds is 6. The Labute approximate surface area is 226 Å².